The summed E-state index contributed by atoms with van der Waals surface area (Å²) in [7, 11) is 0. The quantitative estimate of drug-likeness (QED) is 0.618. The molecule has 0 atom stereocenters. The average molecular weight is 231 g/mol. The first kappa shape index (κ1) is 12.0. The highest BCUT2D eigenvalue weighted by atomic mass is 15.1. The summed E-state index contributed by atoms with van der Waals surface area (Å²) >= 11 is 0. The summed E-state index contributed by atoms with van der Waals surface area (Å²) in [6.07, 6.45) is 6.72. The van der Waals surface area contributed by atoms with Gasteiger partial charge in [-0.15, -0.1) is 0 Å². The first-order valence-corrected chi connectivity index (χ1v) is 6.46. The molecule has 0 aliphatic heterocycles. The van der Waals surface area contributed by atoms with Gasteiger partial charge in [-0.2, -0.15) is 0 Å². The maximum absolute atomic E-state index is 5.83. The van der Waals surface area contributed by atoms with Crippen molar-refractivity contribution < 1.29 is 0 Å². The standard InChI is InChI=1S/C14H21N3/c15-14(17-13-8-2-1-3-9-13)16-11-10-12-6-4-5-7-12/h1-3,8-9,12H,4-7,10-11H2,(H3,15,16,17). The smallest absolute Gasteiger partial charge is 0.193 e. The van der Waals surface area contributed by atoms with Crippen LogP contribution in [0.2, 0.25) is 0 Å². The number of para-hydroxylation sites is 1. The third-order valence-corrected chi connectivity index (χ3v) is 3.34. The molecule has 1 fully saturated rings. The number of benzene rings is 1. The van der Waals surface area contributed by atoms with Gasteiger partial charge >= 0.3 is 0 Å². The Morgan fingerprint density at radius 2 is 1.94 bits per heavy atom. The van der Waals surface area contributed by atoms with Gasteiger partial charge in [-0.1, -0.05) is 43.9 Å². The van der Waals surface area contributed by atoms with E-state index in [4.69, 9.17) is 5.73 Å². The summed E-state index contributed by atoms with van der Waals surface area (Å²) in [4.78, 5) is 4.37. The van der Waals surface area contributed by atoms with Crippen molar-refractivity contribution in [2.75, 3.05) is 11.9 Å². The molecule has 17 heavy (non-hydrogen) atoms. The van der Waals surface area contributed by atoms with Gasteiger partial charge in [-0.25, -0.2) is 0 Å². The Hall–Kier alpha value is -1.51. The van der Waals surface area contributed by atoms with E-state index in [1.54, 1.807) is 0 Å². The molecule has 3 nitrogen and oxygen atoms in total. The van der Waals surface area contributed by atoms with Crippen molar-refractivity contribution in [3.05, 3.63) is 30.3 Å². The zero-order valence-electron chi connectivity index (χ0n) is 10.2. The van der Waals surface area contributed by atoms with Crippen molar-refractivity contribution in [3.8, 4) is 0 Å². The third-order valence-electron chi connectivity index (χ3n) is 3.34. The number of hydrogen-bond donors (Lipinski definition) is 2. The van der Waals surface area contributed by atoms with Crippen LogP contribution >= 0.6 is 0 Å². The van der Waals surface area contributed by atoms with E-state index in [9.17, 15) is 0 Å². The van der Waals surface area contributed by atoms with E-state index in [1.807, 2.05) is 30.3 Å². The summed E-state index contributed by atoms with van der Waals surface area (Å²) in [5.41, 5.74) is 6.82. The van der Waals surface area contributed by atoms with E-state index in [-0.39, 0.29) is 0 Å². The Labute approximate surface area is 103 Å². The molecule has 0 spiro atoms. The van der Waals surface area contributed by atoms with Crippen molar-refractivity contribution >= 4 is 11.6 Å². The van der Waals surface area contributed by atoms with E-state index >= 15 is 0 Å². The molecule has 0 aromatic heterocycles. The van der Waals surface area contributed by atoms with Crippen molar-refractivity contribution in [3.63, 3.8) is 0 Å². The van der Waals surface area contributed by atoms with E-state index in [1.165, 1.54) is 32.1 Å². The molecule has 0 radical (unpaired) electrons. The molecule has 2 rings (SSSR count). The lowest BCUT2D eigenvalue weighted by Crippen LogP contribution is -2.23. The van der Waals surface area contributed by atoms with Gasteiger partial charge in [0, 0.05) is 12.2 Å². The Morgan fingerprint density at radius 3 is 2.65 bits per heavy atom. The molecule has 0 bridgehead atoms. The highest BCUT2D eigenvalue weighted by molar-refractivity contribution is 5.92. The first-order valence-electron chi connectivity index (χ1n) is 6.46. The molecule has 1 aromatic carbocycles. The minimum atomic E-state index is 0.522. The Balaban J connectivity index is 1.73. The highest BCUT2D eigenvalue weighted by Gasteiger charge is 2.13. The number of guanidine groups is 1. The molecule has 1 aromatic rings. The molecule has 0 unspecified atom stereocenters. The van der Waals surface area contributed by atoms with Gasteiger partial charge in [0.2, 0.25) is 0 Å². The van der Waals surface area contributed by atoms with Gasteiger partial charge in [0.1, 0.15) is 0 Å². The summed E-state index contributed by atoms with van der Waals surface area (Å²) in [5, 5.41) is 3.10. The van der Waals surface area contributed by atoms with Crippen LogP contribution in [0.5, 0.6) is 0 Å². The number of aliphatic imine (C=N–C) groups is 1. The summed E-state index contributed by atoms with van der Waals surface area (Å²) < 4.78 is 0. The lowest BCUT2D eigenvalue weighted by molar-refractivity contribution is 0.512. The van der Waals surface area contributed by atoms with Crippen LogP contribution < -0.4 is 11.1 Å². The third kappa shape index (κ3) is 4.10. The first-order chi connectivity index (χ1) is 8.34. The van der Waals surface area contributed by atoms with Gasteiger partial charge in [0.15, 0.2) is 5.96 Å². The van der Waals surface area contributed by atoms with Crippen LogP contribution in [0.15, 0.2) is 35.3 Å². The van der Waals surface area contributed by atoms with Crippen LogP contribution in [-0.4, -0.2) is 12.5 Å². The topological polar surface area (TPSA) is 50.4 Å². The van der Waals surface area contributed by atoms with E-state index in [2.05, 4.69) is 10.3 Å². The van der Waals surface area contributed by atoms with Crippen LogP contribution in [0.4, 0.5) is 5.69 Å². The number of nitrogens with two attached hydrogens (primary N) is 1. The van der Waals surface area contributed by atoms with Crippen LogP contribution in [0.25, 0.3) is 0 Å². The molecule has 3 heteroatoms. The fourth-order valence-corrected chi connectivity index (χ4v) is 2.38. The fraction of sp³-hybridized carbons (Fsp3) is 0.500. The molecular weight excluding hydrogens is 210 g/mol. The van der Waals surface area contributed by atoms with Crippen molar-refractivity contribution in [1.29, 1.82) is 0 Å². The van der Waals surface area contributed by atoms with Gasteiger partial charge in [0.25, 0.3) is 0 Å². The molecule has 3 N–H and O–H groups in total. The normalized spacial score (nSPS) is 17.3. The molecule has 0 amide bonds. The fourth-order valence-electron chi connectivity index (χ4n) is 2.38. The maximum atomic E-state index is 5.83. The predicted molar refractivity (Wildman–Crippen MR) is 73.1 cm³/mol. The SMILES string of the molecule is NC(=NCCC1CCCC1)Nc1ccccc1. The second kappa shape index (κ2) is 6.28. The molecule has 1 saturated carbocycles. The number of nitrogens with one attached hydrogen (secondary N) is 1. The maximum Gasteiger partial charge on any atom is 0.193 e. The van der Waals surface area contributed by atoms with E-state index < -0.39 is 0 Å². The van der Waals surface area contributed by atoms with E-state index in [0.29, 0.717) is 5.96 Å². The van der Waals surface area contributed by atoms with Crippen molar-refractivity contribution in [2.45, 2.75) is 32.1 Å². The number of nitrogens with zero attached hydrogens (tertiary/aromatic N) is 1. The van der Waals surface area contributed by atoms with Crippen molar-refractivity contribution in [2.24, 2.45) is 16.6 Å². The molecule has 1 aliphatic rings. The minimum Gasteiger partial charge on any atom is -0.370 e. The summed E-state index contributed by atoms with van der Waals surface area (Å²) in [5.74, 6) is 1.40. The van der Waals surface area contributed by atoms with Gasteiger partial charge in [-0.05, 0) is 24.5 Å². The second-order valence-electron chi connectivity index (χ2n) is 4.70. The number of anilines is 1. The van der Waals surface area contributed by atoms with Crippen LogP contribution in [0.3, 0.4) is 0 Å². The zero-order chi connectivity index (χ0) is 11.9. The molecular formula is C14H21N3. The lowest BCUT2D eigenvalue weighted by atomic mass is 10.0. The average Bonchev–Trinajstić information content (AvgIpc) is 2.83. The number of rotatable bonds is 4. The zero-order valence-corrected chi connectivity index (χ0v) is 10.2. The minimum absolute atomic E-state index is 0.522. The van der Waals surface area contributed by atoms with Gasteiger partial charge < -0.3 is 11.1 Å². The second-order valence-corrected chi connectivity index (χ2v) is 4.70. The molecule has 0 heterocycles. The van der Waals surface area contributed by atoms with Crippen molar-refractivity contribution in [1.82, 2.24) is 0 Å². The summed E-state index contributed by atoms with van der Waals surface area (Å²) in [6.45, 7) is 0.844. The molecule has 0 saturated heterocycles. The van der Waals surface area contributed by atoms with Gasteiger partial charge in [0.05, 0.1) is 0 Å². The Bertz CT molecular complexity index is 353. The molecule has 92 valence electrons. The van der Waals surface area contributed by atoms with Gasteiger partial charge in [-0.3, -0.25) is 4.99 Å². The number of hydrogen-bond acceptors (Lipinski definition) is 1. The largest absolute Gasteiger partial charge is 0.370 e. The predicted octanol–water partition coefficient (Wildman–Crippen LogP) is 2.99. The van der Waals surface area contributed by atoms with Crippen LogP contribution in [0, 0.1) is 5.92 Å². The molecule has 1 aliphatic carbocycles. The highest BCUT2D eigenvalue weighted by Crippen LogP contribution is 2.27. The lowest BCUT2D eigenvalue weighted by Gasteiger charge is -2.07. The van der Waals surface area contributed by atoms with Crippen LogP contribution in [0.1, 0.15) is 32.1 Å². The monoisotopic (exact) mass is 231 g/mol. The Kier molecular flexibility index (Phi) is 4.42. The summed E-state index contributed by atoms with van der Waals surface area (Å²) in [6, 6.07) is 9.92. The Morgan fingerprint density at radius 1 is 1.24 bits per heavy atom. The van der Waals surface area contributed by atoms with Crippen LogP contribution in [-0.2, 0) is 0 Å². The van der Waals surface area contributed by atoms with E-state index in [0.717, 1.165) is 18.2 Å².